The van der Waals surface area contributed by atoms with Gasteiger partial charge in [0, 0.05) is 18.6 Å². The second-order valence-corrected chi connectivity index (χ2v) is 7.70. The van der Waals surface area contributed by atoms with Crippen LogP contribution in [-0.2, 0) is 16.1 Å². The fourth-order valence-corrected chi connectivity index (χ4v) is 3.71. The largest absolute Gasteiger partial charge is 0.483 e. The van der Waals surface area contributed by atoms with Crippen LogP contribution in [0.25, 0.3) is 0 Å². The van der Waals surface area contributed by atoms with Gasteiger partial charge in [-0.05, 0) is 53.0 Å². The van der Waals surface area contributed by atoms with Crippen molar-refractivity contribution in [3.63, 3.8) is 0 Å². The number of aryl methyl sites for hydroxylation is 1. The summed E-state index contributed by atoms with van der Waals surface area (Å²) >= 11 is 9.31. The van der Waals surface area contributed by atoms with Crippen molar-refractivity contribution >= 4 is 39.3 Å². The van der Waals surface area contributed by atoms with E-state index in [9.17, 15) is 9.59 Å². The zero-order valence-electron chi connectivity index (χ0n) is 16.2. The van der Waals surface area contributed by atoms with Gasteiger partial charge in [0.05, 0.1) is 4.47 Å². The number of carbonyl (C=O) groups is 2. The Balaban J connectivity index is 2.21. The Morgan fingerprint density at radius 1 is 1.25 bits per heavy atom. The van der Waals surface area contributed by atoms with Crippen molar-refractivity contribution in [2.75, 3.05) is 13.7 Å². The Labute approximate surface area is 179 Å². The highest BCUT2D eigenvalue weighted by Crippen LogP contribution is 2.28. The Kier molecular flexibility index (Phi) is 8.33. The van der Waals surface area contributed by atoms with Crippen LogP contribution in [0.4, 0.5) is 0 Å². The van der Waals surface area contributed by atoms with Gasteiger partial charge in [-0.3, -0.25) is 9.59 Å². The van der Waals surface area contributed by atoms with E-state index < -0.39 is 6.04 Å². The molecule has 0 bridgehead atoms. The SMILES string of the molecule is CC[C@@H](C(=O)NC)N(Cc1cccc(C)c1)C(=O)COc1ccc(Cl)cc1Br. The maximum atomic E-state index is 13.0. The van der Waals surface area contributed by atoms with Crippen LogP contribution in [0.15, 0.2) is 46.9 Å². The summed E-state index contributed by atoms with van der Waals surface area (Å²) in [6, 6.07) is 12.4. The van der Waals surface area contributed by atoms with Crippen molar-refractivity contribution in [2.45, 2.75) is 32.9 Å². The molecule has 2 aromatic rings. The highest BCUT2D eigenvalue weighted by Gasteiger charge is 2.28. The number of amides is 2. The molecule has 2 rings (SSSR count). The van der Waals surface area contributed by atoms with Gasteiger partial charge in [-0.15, -0.1) is 0 Å². The van der Waals surface area contributed by atoms with Crippen LogP contribution in [-0.4, -0.2) is 36.4 Å². The van der Waals surface area contributed by atoms with Crippen molar-refractivity contribution in [2.24, 2.45) is 0 Å². The van der Waals surface area contributed by atoms with E-state index in [1.165, 1.54) is 0 Å². The van der Waals surface area contributed by atoms with Gasteiger partial charge in [-0.2, -0.15) is 0 Å². The molecule has 2 amide bonds. The number of ether oxygens (including phenoxy) is 1. The molecule has 1 atom stereocenters. The van der Waals surface area contributed by atoms with Gasteiger partial charge in [-0.1, -0.05) is 48.4 Å². The standard InChI is InChI=1S/C21H24BrClN2O3/c1-4-18(21(27)24-3)25(12-15-7-5-6-14(2)10-15)20(26)13-28-19-9-8-16(23)11-17(19)22/h5-11,18H,4,12-13H2,1-3H3,(H,24,27)/t18-/m0/s1. The lowest BCUT2D eigenvalue weighted by Gasteiger charge is -2.30. The molecule has 5 nitrogen and oxygen atoms in total. The van der Waals surface area contributed by atoms with Crippen molar-refractivity contribution in [1.82, 2.24) is 10.2 Å². The maximum absolute atomic E-state index is 13.0. The van der Waals surface area contributed by atoms with E-state index in [0.717, 1.165) is 11.1 Å². The number of benzene rings is 2. The zero-order valence-corrected chi connectivity index (χ0v) is 18.5. The second kappa shape index (κ2) is 10.5. The van der Waals surface area contributed by atoms with E-state index in [1.807, 2.05) is 38.1 Å². The molecule has 0 saturated carbocycles. The minimum Gasteiger partial charge on any atom is -0.483 e. The molecule has 2 aromatic carbocycles. The van der Waals surface area contributed by atoms with Crippen LogP contribution in [0, 0.1) is 6.92 Å². The van der Waals surface area contributed by atoms with E-state index in [4.69, 9.17) is 16.3 Å². The third-order valence-electron chi connectivity index (χ3n) is 4.31. The van der Waals surface area contributed by atoms with Gasteiger partial charge in [-0.25, -0.2) is 0 Å². The molecule has 0 radical (unpaired) electrons. The van der Waals surface area contributed by atoms with Gasteiger partial charge < -0.3 is 15.0 Å². The fraction of sp³-hybridized carbons (Fsp3) is 0.333. The van der Waals surface area contributed by atoms with Crippen LogP contribution < -0.4 is 10.1 Å². The average molecular weight is 468 g/mol. The average Bonchev–Trinajstić information content (AvgIpc) is 2.66. The molecule has 28 heavy (non-hydrogen) atoms. The molecule has 0 spiro atoms. The topological polar surface area (TPSA) is 58.6 Å². The van der Waals surface area contributed by atoms with Crippen molar-refractivity contribution < 1.29 is 14.3 Å². The third kappa shape index (κ3) is 5.97. The molecular weight excluding hydrogens is 444 g/mol. The summed E-state index contributed by atoms with van der Waals surface area (Å²) in [7, 11) is 1.57. The number of carbonyl (C=O) groups excluding carboxylic acids is 2. The summed E-state index contributed by atoms with van der Waals surface area (Å²) in [5.74, 6) is 0.0521. The molecule has 0 unspecified atom stereocenters. The Bertz CT molecular complexity index is 844. The second-order valence-electron chi connectivity index (χ2n) is 6.41. The van der Waals surface area contributed by atoms with E-state index >= 15 is 0 Å². The number of hydrogen-bond donors (Lipinski definition) is 1. The monoisotopic (exact) mass is 466 g/mol. The Morgan fingerprint density at radius 3 is 2.61 bits per heavy atom. The summed E-state index contributed by atoms with van der Waals surface area (Å²) < 4.78 is 6.34. The Hall–Kier alpha value is -2.05. The summed E-state index contributed by atoms with van der Waals surface area (Å²) in [6.07, 6.45) is 0.502. The van der Waals surface area contributed by atoms with Crippen molar-refractivity contribution in [3.05, 3.63) is 63.1 Å². The minimum absolute atomic E-state index is 0.181. The van der Waals surface area contributed by atoms with Gasteiger partial charge in [0.15, 0.2) is 6.61 Å². The molecule has 0 heterocycles. The van der Waals surface area contributed by atoms with Gasteiger partial charge in [0.1, 0.15) is 11.8 Å². The van der Waals surface area contributed by atoms with E-state index in [2.05, 4.69) is 21.2 Å². The van der Waals surface area contributed by atoms with Crippen LogP contribution in [0.2, 0.25) is 5.02 Å². The molecule has 0 saturated heterocycles. The van der Waals surface area contributed by atoms with Crippen molar-refractivity contribution in [1.29, 1.82) is 0 Å². The first-order chi connectivity index (χ1) is 13.3. The minimum atomic E-state index is -0.574. The zero-order chi connectivity index (χ0) is 20.7. The molecule has 1 N–H and O–H groups in total. The molecule has 0 aromatic heterocycles. The Morgan fingerprint density at radius 2 is 2.00 bits per heavy atom. The lowest BCUT2D eigenvalue weighted by atomic mass is 10.1. The fourth-order valence-electron chi connectivity index (χ4n) is 2.91. The van der Waals surface area contributed by atoms with Gasteiger partial charge in [0.2, 0.25) is 5.91 Å². The lowest BCUT2D eigenvalue weighted by molar-refractivity contribution is -0.142. The molecule has 0 aliphatic carbocycles. The maximum Gasteiger partial charge on any atom is 0.261 e. The number of nitrogens with one attached hydrogen (secondary N) is 1. The normalized spacial score (nSPS) is 11.6. The molecule has 0 fully saturated rings. The van der Waals surface area contributed by atoms with E-state index in [1.54, 1.807) is 30.1 Å². The summed E-state index contributed by atoms with van der Waals surface area (Å²) in [5.41, 5.74) is 2.06. The van der Waals surface area contributed by atoms with E-state index in [0.29, 0.717) is 28.2 Å². The predicted octanol–water partition coefficient (Wildman–Crippen LogP) is 4.34. The smallest absolute Gasteiger partial charge is 0.261 e. The number of hydrogen-bond acceptors (Lipinski definition) is 3. The first-order valence-electron chi connectivity index (χ1n) is 9.00. The molecule has 0 aliphatic rings. The quantitative estimate of drug-likeness (QED) is 0.628. The summed E-state index contributed by atoms with van der Waals surface area (Å²) in [4.78, 5) is 26.9. The number of nitrogens with zero attached hydrogens (tertiary/aromatic N) is 1. The number of likely N-dealkylation sites (N-methyl/N-ethyl adjacent to an activating group) is 1. The van der Waals surface area contributed by atoms with Gasteiger partial charge >= 0.3 is 0 Å². The van der Waals surface area contributed by atoms with Crippen LogP contribution >= 0.6 is 27.5 Å². The van der Waals surface area contributed by atoms with Crippen LogP contribution in [0.3, 0.4) is 0 Å². The molecule has 7 heteroatoms. The van der Waals surface area contributed by atoms with Crippen LogP contribution in [0.1, 0.15) is 24.5 Å². The first kappa shape index (κ1) is 22.2. The molecule has 0 aliphatic heterocycles. The third-order valence-corrected chi connectivity index (χ3v) is 5.17. The van der Waals surface area contributed by atoms with Crippen molar-refractivity contribution in [3.8, 4) is 5.75 Å². The highest BCUT2D eigenvalue weighted by atomic mass is 79.9. The number of halogens is 2. The lowest BCUT2D eigenvalue weighted by Crippen LogP contribution is -2.49. The van der Waals surface area contributed by atoms with E-state index in [-0.39, 0.29) is 18.4 Å². The summed E-state index contributed by atoms with van der Waals surface area (Å²) in [6.45, 7) is 4.02. The summed E-state index contributed by atoms with van der Waals surface area (Å²) in [5, 5.41) is 3.21. The molecule has 150 valence electrons. The first-order valence-corrected chi connectivity index (χ1v) is 10.2. The number of rotatable bonds is 8. The van der Waals surface area contributed by atoms with Gasteiger partial charge in [0.25, 0.3) is 5.91 Å². The predicted molar refractivity (Wildman–Crippen MR) is 115 cm³/mol. The highest BCUT2D eigenvalue weighted by molar-refractivity contribution is 9.10. The van der Waals surface area contributed by atoms with Crippen LogP contribution in [0.5, 0.6) is 5.75 Å². The molecular formula is C21H24BrClN2O3.